The molecular weight excluding hydrogens is 244 g/mol. The Morgan fingerprint density at radius 2 is 2.15 bits per heavy atom. The number of nitrogens with one attached hydrogen (secondary N) is 1. The van der Waals surface area contributed by atoms with E-state index in [0.29, 0.717) is 11.5 Å². The summed E-state index contributed by atoms with van der Waals surface area (Å²) in [6.45, 7) is 7.72. The van der Waals surface area contributed by atoms with Gasteiger partial charge >= 0.3 is 0 Å². The second-order valence-corrected chi connectivity index (χ2v) is 6.42. The van der Waals surface area contributed by atoms with Crippen LogP contribution in [0.15, 0.2) is 30.3 Å². The van der Waals surface area contributed by atoms with Crippen LogP contribution in [0, 0.1) is 6.92 Å². The Labute approximate surface area is 121 Å². The van der Waals surface area contributed by atoms with Gasteiger partial charge in [-0.1, -0.05) is 26.0 Å². The maximum atomic E-state index is 4.60. The minimum atomic E-state index is 0.311. The second kappa shape index (κ2) is 5.17. The number of benzene rings is 1. The Balaban J connectivity index is 1.92. The van der Waals surface area contributed by atoms with Gasteiger partial charge in [-0.25, -0.2) is 0 Å². The monoisotopic (exact) mass is 268 g/mol. The molecule has 1 saturated carbocycles. The van der Waals surface area contributed by atoms with Gasteiger partial charge in [-0.15, -0.1) is 0 Å². The van der Waals surface area contributed by atoms with Crippen LogP contribution in [0.25, 0.3) is 10.9 Å². The minimum absolute atomic E-state index is 0.311. The molecule has 3 rings (SSSR count). The number of pyridine rings is 1. The first-order valence-electron chi connectivity index (χ1n) is 7.72. The predicted octanol–water partition coefficient (Wildman–Crippen LogP) is 3.96. The third-order valence-corrected chi connectivity index (χ3v) is 4.76. The van der Waals surface area contributed by atoms with Crippen molar-refractivity contribution in [3.05, 3.63) is 41.6 Å². The summed E-state index contributed by atoms with van der Waals surface area (Å²) in [5.41, 5.74) is 3.98. The molecule has 1 aliphatic carbocycles. The van der Waals surface area contributed by atoms with Crippen molar-refractivity contribution in [1.82, 2.24) is 10.3 Å². The Kier molecular flexibility index (Phi) is 3.51. The molecule has 2 heteroatoms. The average Bonchev–Trinajstić information content (AvgIpc) is 2.81. The fraction of sp³-hybridized carbons (Fsp3) is 0.500. The molecule has 0 spiro atoms. The molecule has 0 radical (unpaired) electrons. The van der Waals surface area contributed by atoms with Gasteiger partial charge in [0.25, 0.3) is 0 Å². The zero-order valence-electron chi connectivity index (χ0n) is 12.7. The van der Waals surface area contributed by atoms with E-state index in [1.807, 2.05) is 6.92 Å². The van der Waals surface area contributed by atoms with Gasteiger partial charge in [0.2, 0.25) is 0 Å². The van der Waals surface area contributed by atoms with Crippen molar-refractivity contribution < 1.29 is 0 Å². The SMILES string of the molecule is CCNC1CCC(C)(c2ccc3nc(C)ccc3c2)C1. The number of rotatable bonds is 3. The molecule has 2 atom stereocenters. The first kappa shape index (κ1) is 13.6. The Morgan fingerprint density at radius 3 is 2.95 bits per heavy atom. The Hall–Kier alpha value is -1.41. The molecule has 2 nitrogen and oxygen atoms in total. The first-order valence-corrected chi connectivity index (χ1v) is 7.72. The Bertz CT molecular complexity index is 620. The summed E-state index contributed by atoms with van der Waals surface area (Å²) in [4.78, 5) is 4.60. The normalized spacial score (nSPS) is 26.2. The maximum Gasteiger partial charge on any atom is 0.0705 e. The molecule has 1 heterocycles. The standard InChI is InChI=1S/C18H24N2/c1-4-19-16-9-10-18(3,12-16)15-7-8-17-14(11-15)6-5-13(2)20-17/h5-8,11,16,19H,4,9-10,12H2,1-3H3. The summed E-state index contributed by atoms with van der Waals surface area (Å²) in [7, 11) is 0. The van der Waals surface area contributed by atoms with E-state index >= 15 is 0 Å². The highest BCUT2D eigenvalue weighted by molar-refractivity contribution is 5.79. The molecule has 2 unspecified atom stereocenters. The zero-order valence-corrected chi connectivity index (χ0v) is 12.7. The summed E-state index contributed by atoms with van der Waals surface area (Å²) >= 11 is 0. The number of nitrogens with zero attached hydrogens (tertiary/aromatic N) is 1. The zero-order chi connectivity index (χ0) is 14.2. The first-order chi connectivity index (χ1) is 9.60. The number of hydrogen-bond acceptors (Lipinski definition) is 2. The molecule has 0 saturated heterocycles. The topological polar surface area (TPSA) is 24.9 Å². The fourth-order valence-corrected chi connectivity index (χ4v) is 3.57. The van der Waals surface area contributed by atoms with E-state index in [1.165, 1.54) is 30.2 Å². The van der Waals surface area contributed by atoms with Crippen molar-refractivity contribution >= 4 is 10.9 Å². The molecule has 20 heavy (non-hydrogen) atoms. The third-order valence-electron chi connectivity index (χ3n) is 4.76. The molecule has 1 aliphatic rings. The van der Waals surface area contributed by atoms with Gasteiger partial charge in [-0.2, -0.15) is 0 Å². The second-order valence-electron chi connectivity index (χ2n) is 6.42. The van der Waals surface area contributed by atoms with E-state index in [1.54, 1.807) is 0 Å². The molecule has 0 aliphatic heterocycles. The highest BCUT2D eigenvalue weighted by Crippen LogP contribution is 2.41. The number of hydrogen-bond donors (Lipinski definition) is 1. The quantitative estimate of drug-likeness (QED) is 0.911. The molecule has 1 aromatic heterocycles. The van der Waals surface area contributed by atoms with Crippen LogP contribution >= 0.6 is 0 Å². The van der Waals surface area contributed by atoms with Gasteiger partial charge in [0.05, 0.1) is 5.52 Å². The van der Waals surface area contributed by atoms with Crippen LogP contribution in [-0.4, -0.2) is 17.6 Å². The van der Waals surface area contributed by atoms with Crippen molar-refractivity contribution in [2.75, 3.05) is 6.54 Å². The largest absolute Gasteiger partial charge is 0.314 e. The van der Waals surface area contributed by atoms with Gasteiger partial charge in [-0.05, 0) is 61.9 Å². The Morgan fingerprint density at radius 1 is 1.30 bits per heavy atom. The molecule has 2 aromatic rings. The lowest BCUT2D eigenvalue weighted by Crippen LogP contribution is -2.28. The van der Waals surface area contributed by atoms with E-state index in [4.69, 9.17) is 0 Å². The summed E-state index contributed by atoms with van der Waals surface area (Å²) < 4.78 is 0. The average molecular weight is 268 g/mol. The third kappa shape index (κ3) is 2.45. The number of fused-ring (bicyclic) bond motifs is 1. The molecule has 0 bridgehead atoms. The van der Waals surface area contributed by atoms with Crippen molar-refractivity contribution in [1.29, 1.82) is 0 Å². The molecule has 1 N–H and O–H groups in total. The van der Waals surface area contributed by atoms with Gasteiger partial charge < -0.3 is 5.32 Å². The van der Waals surface area contributed by atoms with Crippen molar-refractivity contribution in [2.45, 2.75) is 51.5 Å². The van der Waals surface area contributed by atoms with Crippen molar-refractivity contribution in [2.24, 2.45) is 0 Å². The fourth-order valence-electron chi connectivity index (χ4n) is 3.57. The highest BCUT2D eigenvalue weighted by atomic mass is 14.9. The van der Waals surface area contributed by atoms with Crippen LogP contribution in [-0.2, 0) is 5.41 Å². The van der Waals surface area contributed by atoms with Gasteiger partial charge in [0.15, 0.2) is 0 Å². The van der Waals surface area contributed by atoms with Crippen LogP contribution in [0.3, 0.4) is 0 Å². The lowest BCUT2D eigenvalue weighted by molar-refractivity contribution is 0.458. The van der Waals surface area contributed by atoms with Crippen molar-refractivity contribution in [3.8, 4) is 0 Å². The van der Waals surface area contributed by atoms with E-state index in [0.717, 1.165) is 17.8 Å². The lowest BCUT2D eigenvalue weighted by Gasteiger charge is -2.25. The highest BCUT2D eigenvalue weighted by Gasteiger charge is 2.36. The molecule has 106 valence electrons. The molecule has 0 amide bonds. The van der Waals surface area contributed by atoms with Crippen LogP contribution in [0.4, 0.5) is 0 Å². The van der Waals surface area contributed by atoms with Crippen LogP contribution in [0.5, 0.6) is 0 Å². The van der Waals surface area contributed by atoms with E-state index in [9.17, 15) is 0 Å². The van der Waals surface area contributed by atoms with Crippen molar-refractivity contribution in [3.63, 3.8) is 0 Å². The minimum Gasteiger partial charge on any atom is -0.314 e. The molecular formula is C18H24N2. The summed E-state index contributed by atoms with van der Waals surface area (Å²) in [6, 6.07) is 11.8. The van der Waals surface area contributed by atoms with E-state index in [-0.39, 0.29) is 0 Å². The lowest BCUT2D eigenvalue weighted by atomic mass is 9.80. The van der Waals surface area contributed by atoms with Crippen LogP contribution in [0.2, 0.25) is 0 Å². The van der Waals surface area contributed by atoms with Gasteiger partial charge in [0.1, 0.15) is 0 Å². The van der Waals surface area contributed by atoms with Crippen LogP contribution < -0.4 is 5.32 Å². The summed E-state index contributed by atoms with van der Waals surface area (Å²) in [5, 5.41) is 4.87. The maximum absolute atomic E-state index is 4.60. The molecule has 1 fully saturated rings. The van der Waals surface area contributed by atoms with E-state index in [2.05, 4.69) is 54.5 Å². The summed E-state index contributed by atoms with van der Waals surface area (Å²) in [6.07, 6.45) is 3.80. The smallest absolute Gasteiger partial charge is 0.0705 e. The summed E-state index contributed by atoms with van der Waals surface area (Å²) in [5.74, 6) is 0. The van der Waals surface area contributed by atoms with E-state index < -0.39 is 0 Å². The number of aryl methyl sites for hydroxylation is 1. The van der Waals surface area contributed by atoms with Gasteiger partial charge in [0, 0.05) is 17.1 Å². The van der Waals surface area contributed by atoms with Gasteiger partial charge in [-0.3, -0.25) is 4.98 Å². The predicted molar refractivity (Wildman–Crippen MR) is 85.1 cm³/mol. The molecule has 1 aromatic carbocycles. The number of aromatic nitrogens is 1. The van der Waals surface area contributed by atoms with Crippen LogP contribution in [0.1, 0.15) is 44.4 Å².